The van der Waals surface area contributed by atoms with Gasteiger partial charge in [0.25, 0.3) is 0 Å². The van der Waals surface area contributed by atoms with Crippen LogP contribution < -0.4 is 0 Å². The van der Waals surface area contributed by atoms with Gasteiger partial charge in [0.2, 0.25) is 0 Å². The van der Waals surface area contributed by atoms with E-state index in [1.807, 2.05) is 45.8 Å². The summed E-state index contributed by atoms with van der Waals surface area (Å²) in [6.45, 7) is 5.87. The maximum Gasteiger partial charge on any atom is 0.128 e. The van der Waals surface area contributed by atoms with Crippen molar-refractivity contribution in [3.05, 3.63) is 34.6 Å². The molecule has 1 rings (SSSR count). The summed E-state index contributed by atoms with van der Waals surface area (Å²) < 4.78 is 14.0. The van der Waals surface area contributed by atoms with Crippen LogP contribution in [-0.2, 0) is 0 Å². The molecule has 17 heavy (non-hydrogen) atoms. The Morgan fingerprint density at radius 1 is 1.24 bits per heavy atom. The highest BCUT2D eigenvalue weighted by Gasteiger charge is 2.24. The van der Waals surface area contributed by atoms with Crippen LogP contribution in [0, 0.1) is 25.6 Å². The Morgan fingerprint density at radius 2 is 1.76 bits per heavy atom. The molecule has 0 aliphatic carbocycles. The maximum absolute atomic E-state index is 14.0. The van der Waals surface area contributed by atoms with Crippen molar-refractivity contribution in [2.75, 3.05) is 20.7 Å². The topological polar surface area (TPSA) is 23.5 Å². The number of rotatable bonds is 4. The molecule has 0 spiro atoms. The van der Waals surface area contributed by atoms with Gasteiger partial charge in [-0.1, -0.05) is 13.0 Å². The zero-order chi connectivity index (χ0) is 13.2. The second-order valence-electron chi connectivity index (χ2n) is 5.03. The molecule has 0 aliphatic heterocycles. The van der Waals surface area contributed by atoms with E-state index in [-0.39, 0.29) is 24.4 Å². The summed E-state index contributed by atoms with van der Waals surface area (Å²) in [5.41, 5.74) is 2.71. The van der Waals surface area contributed by atoms with Crippen molar-refractivity contribution in [3.8, 4) is 0 Å². The third-order valence-electron chi connectivity index (χ3n) is 3.31. The van der Waals surface area contributed by atoms with Gasteiger partial charge in [-0.05, 0) is 51.1 Å². The lowest BCUT2D eigenvalue weighted by Gasteiger charge is -2.30. The molecule has 0 aromatic heterocycles. The number of hydrogen-bond acceptors (Lipinski definition) is 2. The van der Waals surface area contributed by atoms with Crippen molar-refractivity contribution in [1.29, 1.82) is 0 Å². The Labute approximate surface area is 103 Å². The van der Waals surface area contributed by atoms with Crippen molar-refractivity contribution in [1.82, 2.24) is 4.90 Å². The minimum Gasteiger partial charge on any atom is -0.396 e. The van der Waals surface area contributed by atoms with Crippen molar-refractivity contribution in [3.63, 3.8) is 0 Å². The van der Waals surface area contributed by atoms with Gasteiger partial charge < -0.3 is 10.0 Å². The van der Waals surface area contributed by atoms with Gasteiger partial charge in [0.05, 0.1) is 0 Å². The van der Waals surface area contributed by atoms with Gasteiger partial charge >= 0.3 is 0 Å². The predicted molar refractivity (Wildman–Crippen MR) is 68.6 cm³/mol. The molecule has 0 bridgehead atoms. The Morgan fingerprint density at radius 3 is 2.24 bits per heavy atom. The summed E-state index contributed by atoms with van der Waals surface area (Å²) in [7, 11) is 3.82. The van der Waals surface area contributed by atoms with E-state index in [2.05, 4.69) is 0 Å². The van der Waals surface area contributed by atoms with E-state index >= 15 is 0 Å². The highest BCUT2D eigenvalue weighted by Crippen LogP contribution is 2.30. The highest BCUT2D eigenvalue weighted by molar-refractivity contribution is 5.33. The fourth-order valence-electron chi connectivity index (χ4n) is 2.22. The number of aliphatic hydroxyl groups is 1. The van der Waals surface area contributed by atoms with Gasteiger partial charge in [0.1, 0.15) is 5.82 Å². The first-order chi connectivity index (χ1) is 7.88. The first-order valence-corrected chi connectivity index (χ1v) is 5.92. The van der Waals surface area contributed by atoms with E-state index in [9.17, 15) is 9.50 Å². The van der Waals surface area contributed by atoms with Crippen LogP contribution in [0.1, 0.15) is 29.7 Å². The average Bonchev–Trinajstić information content (AvgIpc) is 2.25. The summed E-state index contributed by atoms with van der Waals surface area (Å²) in [5, 5.41) is 9.28. The highest BCUT2D eigenvalue weighted by atomic mass is 19.1. The molecule has 96 valence electrons. The minimum atomic E-state index is -0.188. The van der Waals surface area contributed by atoms with Gasteiger partial charge in [-0.3, -0.25) is 0 Å². The Balaban J connectivity index is 3.23. The van der Waals surface area contributed by atoms with Gasteiger partial charge in [0.15, 0.2) is 0 Å². The van der Waals surface area contributed by atoms with Gasteiger partial charge in [-0.15, -0.1) is 0 Å². The predicted octanol–water partition coefficient (Wildman–Crippen LogP) is 2.67. The molecule has 3 heteroatoms. The third kappa shape index (κ3) is 3.05. The number of hydrogen-bond donors (Lipinski definition) is 1. The first-order valence-electron chi connectivity index (χ1n) is 5.92. The van der Waals surface area contributed by atoms with Crippen molar-refractivity contribution in [2.45, 2.75) is 26.8 Å². The molecule has 0 saturated carbocycles. The standard InChI is InChI=1S/C14H22FNO/c1-9-6-12(13(15)7-10(9)2)14(16(4)5)11(3)8-17/h6-7,11,14,17H,8H2,1-5H3. The fraction of sp³-hybridized carbons (Fsp3) is 0.571. The number of nitrogens with zero attached hydrogens (tertiary/aromatic N) is 1. The summed E-state index contributed by atoms with van der Waals surface area (Å²) in [6, 6.07) is 3.37. The van der Waals surface area contributed by atoms with Crippen LogP contribution in [0.2, 0.25) is 0 Å². The Kier molecular flexibility index (Phi) is 4.66. The molecule has 0 radical (unpaired) electrons. The largest absolute Gasteiger partial charge is 0.396 e. The SMILES string of the molecule is Cc1cc(F)c(C(C(C)CO)N(C)C)cc1C. The van der Waals surface area contributed by atoms with E-state index in [0.717, 1.165) is 11.1 Å². The Hall–Kier alpha value is -0.930. The minimum absolute atomic E-state index is 0.00149. The second kappa shape index (κ2) is 5.61. The van der Waals surface area contributed by atoms with Gasteiger partial charge in [-0.25, -0.2) is 4.39 Å². The van der Waals surface area contributed by atoms with Crippen LogP contribution in [0.4, 0.5) is 4.39 Å². The van der Waals surface area contributed by atoms with Crippen molar-refractivity contribution >= 4 is 0 Å². The van der Waals surface area contributed by atoms with E-state index in [0.29, 0.717) is 5.56 Å². The first kappa shape index (κ1) is 14.1. The molecule has 2 atom stereocenters. The van der Waals surface area contributed by atoms with Gasteiger partial charge in [0, 0.05) is 18.2 Å². The van der Waals surface area contributed by atoms with Crippen LogP contribution in [0.15, 0.2) is 12.1 Å². The zero-order valence-corrected chi connectivity index (χ0v) is 11.3. The van der Waals surface area contributed by atoms with Crippen LogP contribution >= 0.6 is 0 Å². The molecular weight excluding hydrogens is 217 g/mol. The maximum atomic E-state index is 14.0. The Bertz CT molecular complexity index is 390. The van der Waals surface area contributed by atoms with Crippen LogP contribution in [-0.4, -0.2) is 30.7 Å². The lowest BCUT2D eigenvalue weighted by molar-refractivity contribution is 0.143. The molecule has 2 nitrogen and oxygen atoms in total. The molecule has 2 unspecified atom stereocenters. The summed E-state index contributed by atoms with van der Waals surface area (Å²) in [5.74, 6) is -0.186. The average molecular weight is 239 g/mol. The molecule has 1 aromatic rings. The molecule has 0 aliphatic rings. The molecule has 1 aromatic carbocycles. The molecule has 1 N–H and O–H groups in total. The smallest absolute Gasteiger partial charge is 0.128 e. The van der Waals surface area contributed by atoms with Crippen molar-refractivity contribution < 1.29 is 9.50 Å². The monoisotopic (exact) mass is 239 g/mol. The molecule has 0 fully saturated rings. The second-order valence-corrected chi connectivity index (χ2v) is 5.03. The van der Waals surface area contributed by atoms with E-state index in [4.69, 9.17) is 0 Å². The number of aliphatic hydroxyl groups excluding tert-OH is 1. The number of benzene rings is 1. The van der Waals surface area contributed by atoms with Crippen molar-refractivity contribution in [2.24, 2.45) is 5.92 Å². The van der Waals surface area contributed by atoms with Crippen LogP contribution in [0.25, 0.3) is 0 Å². The molecular formula is C14H22FNO. The molecule has 0 amide bonds. The normalized spacial score (nSPS) is 15.1. The third-order valence-corrected chi connectivity index (χ3v) is 3.31. The summed E-state index contributed by atoms with van der Waals surface area (Å²) in [6.07, 6.45) is 0. The van der Waals surface area contributed by atoms with E-state index in [1.165, 1.54) is 0 Å². The van der Waals surface area contributed by atoms with Gasteiger partial charge in [-0.2, -0.15) is 0 Å². The van der Waals surface area contributed by atoms with Crippen LogP contribution in [0.3, 0.4) is 0 Å². The number of aryl methyl sites for hydroxylation is 2. The summed E-state index contributed by atoms with van der Waals surface area (Å²) >= 11 is 0. The molecule has 0 saturated heterocycles. The van der Waals surface area contributed by atoms with Crippen LogP contribution in [0.5, 0.6) is 0 Å². The zero-order valence-electron chi connectivity index (χ0n) is 11.3. The van der Waals surface area contributed by atoms with E-state index in [1.54, 1.807) is 6.07 Å². The summed E-state index contributed by atoms with van der Waals surface area (Å²) in [4.78, 5) is 1.95. The lowest BCUT2D eigenvalue weighted by atomic mass is 9.91. The lowest BCUT2D eigenvalue weighted by Crippen LogP contribution is -2.28. The number of halogens is 1. The molecule has 0 heterocycles. The quantitative estimate of drug-likeness (QED) is 0.873. The van der Waals surface area contributed by atoms with E-state index < -0.39 is 0 Å². The fourth-order valence-corrected chi connectivity index (χ4v) is 2.22.